The first-order chi connectivity index (χ1) is 8.68. The summed E-state index contributed by atoms with van der Waals surface area (Å²) in [6, 6.07) is 0. The Morgan fingerprint density at radius 3 is 2.42 bits per heavy atom. The molecular formula is C13H18BrNO3S. The first-order valence-corrected chi connectivity index (χ1v) is 7.56. The Morgan fingerprint density at radius 1 is 1.37 bits per heavy atom. The van der Waals surface area contributed by atoms with Gasteiger partial charge in [0.25, 0.3) is 0 Å². The quantitative estimate of drug-likeness (QED) is 0.667. The Labute approximate surface area is 125 Å². The van der Waals surface area contributed by atoms with Gasteiger partial charge in [0.2, 0.25) is 5.91 Å². The number of halogens is 1. The van der Waals surface area contributed by atoms with Gasteiger partial charge in [-0.25, -0.2) is 4.79 Å². The van der Waals surface area contributed by atoms with Crippen molar-refractivity contribution in [3.05, 3.63) is 16.0 Å². The Hall–Kier alpha value is -0.880. The fourth-order valence-corrected chi connectivity index (χ4v) is 2.56. The molecule has 1 amide bonds. The summed E-state index contributed by atoms with van der Waals surface area (Å²) in [6.45, 7) is 9.33. The van der Waals surface area contributed by atoms with Crippen molar-refractivity contribution in [1.29, 1.82) is 0 Å². The van der Waals surface area contributed by atoms with Gasteiger partial charge in [0, 0.05) is 4.88 Å². The molecule has 0 aliphatic rings. The van der Waals surface area contributed by atoms with Gasteiger partial charge >= 0.3 is 5.97 Å². The van der Waals surface area contributed by atoms with E-state index in [1.54, 1.807) is 20.8 Å². The SMILES string of the molecule is CCOC(=O)c1c(NC(=O)C(C)(C)Br)sc(C)c1C. The molecule has 0 atom stereocenters. The molecule has 0 saturated carbocycles. The molecule has 1 N–H and O–H groups in total. The summed E-state index contributed by atoms with van der Waals surface area (Å²) in [4.78, 5) is 24.9. The Morgan fingerprint density at radius 2 is 1.95 bits per heavy atom. The minimum Gasteiger partial charge on any atom is -0.462 e. The maximum absolute atomic E-state index is 12.0. The molecule has 0 spiro atoms. The Kier molecular flexibility index (Phi) is 5.15. The Bertz CT molecular complexity index is 503. The smallest absolute Gasteiger partial charge is 0.341 e. The molecule has 0 aromatic carbocycles. The lowest BCUT2D eigenvalue weighted by Crippen LogP contribution is -2.31. The largest absolute Gasteiger partial charge is 0.462 e. The van der Waals surface area contributed by atoms with Crippen LogP contribution in [-0.2, 0) is 9.53 Å². The molecule has 4 nitrogen and oxygen atoms in total. The molecule has 0 aliphatic carbocycles. The van der Waals surface area contributed by atoms with E-state index in [2.05, 4.69) is 21.2 Å². The van der Waals surface area contributed by atoms with E-state index >= 15 is 0 Å². The van der Waals surface area contributed by atoms with Gasteiger partial charge in [0.05, 0.1) is 16.5 Å². The lowest BCUT2D eigenvalue weighted by molar-refractivity contribution is -0.117. The van der Waals surface area contributed by atoms with E-state index in [1.807, 2.05) is 13.8 Å². The number of thiophene rings is 1. The van der Waals surface area contributed by atoms with Crippen LogP contribution in [0.5, 0.6) is 0 Å². The minimum atomic E-state index is -0.690. The summed E-state index contributed by atoms with van der Waals surface area (Å²) < 4.78 is 4.34. The van der Waals surface area contributed by atoms with E-state index in [-0.39, 0.29) is 5.91 Å². The van der Waals surface area contributed by atoms with Crippen molar-refractivity contribution in [2.45, 2.75) is 38.9 Å². The topological polar surface area (TPSA) is 55.4 Å². The van der Waals surface area contributed by atoms with Gasteiger partial charge in [-0.3, -0.25) is 4.79 Å². The second-order valence-corrected chi connectivity index (χ2v) is 7.84. The third kappa shape index (κ3) is 3.79. The van der Waals surface area contributed by atoms with Gasteiger partial charge in [-0.05, 0) is 40.2 Å². The molecule has 0 fully saturated rings. The molecule has 0 saturated heterocycles. The summed E-state index contributed by atoms with van der Waals surface area (Å²) in [5.41, 5.74) is 1.31. The molecule has 0 aliphatic heterocycles. The molecule has 0 bridgehead atoms. The zero-order chi connectivity index (χ0) is 14.8. The highest BCUT2D eigenvalue weighted by Crippen LogP contribution is 2.34. The van der Waals surface area contributed by atoms with E-state index in [1.165, 1.54) is 11.3 Å². The zero-order valence-electron chi connectivity index (χ0n) is 11.7. The number of esters is 1. The number of carbonyl (C=O) groups excluding carboxylic acids is 2. The average molecular weight is 348 g/mol. The molecule has 1 heterocycles. The number of amides is 1. The fraction of sp³-hybridized carbons (Fsp3) is 0.538. The van der Waals surface area contributed by atoms with Crippen LogP contribution in [-0.4, -0.2) is 22.8 Å². The number of nitrogens with one attached hydrogen (secondary N) is 1. The van der Waals surface area contributed by atoms with Crippen molar-refractivity contribution >= 4 is 44.1 Å². The molecule has 1 aromatic heterocycles. The minimum absolute atomic E-state index is 0.195. The third-order valence-corrected chi connectivity index (χ3v) is 4.11. The second kappa shape index (κ2) is 6.05. The summed E-state index contributed by atoms with van der Waals surface area (Å²) in [5.74, 6) is -0.591. The van der Waals surface area contributed by atoms with Gasteiger partial charge in [-0.2, -0.15) is 0 Å². The van der Waals surface area contributed by atoms with E-state index < -0.39 is 10.3 Å². The van der Waals surface area contributed by atoms with Crippen LogP contribution in [0.4, 0.5) is 5.00 Å². The maximum Gasteiger partial charge on any atom is 0.341 e. The molecule has 1 aromatic rings. The van der Waals surface area contributed by atoms with Crippen LogP contribution in [0.25, 0.3) is 0 Å². The molecule has 1 rings (SSSR count). The molecule has 106 valence electrons. The third-order valence-electron chi connectivity index (χ3n) is 2.63. The predicted molar refractivity (Wildman–Crippen MR) is 81.4 cm³/mol. The summed E-state index contributed by atoms with van der Waals surface area (Å²) in [7, 11) is 0. The van der Waals surface area contributed by atoms with Crippen LogP contribution in [0.3, 0.4) is 0 Å². The first-order valence-electron chi connectivity index (χ1n) is 5.96. The summed E-state index contributed by atoms with van der Waals surface area (Å²) in [6.07, 6.45) is 0. The molecular weight excluding hydrogens is 330 g/mol. The maximum atomic E-state index is 12.0. The van der Waals surface area contributed by atoms with Gasteiger partial charge in [0.15, 0.2) is 0 Å². The van der Waals surface area contributed by atoms with Gasteiger partial charge in [-0.15, -0.1) is 11.3 Å². The number of anilines is 1. The fourth-order valence-electron chi connectivity index (χ4n) is 1.42. The summed E-state index contributed by atoms with van der Waals surface area (Å²) in [5, 5.41) is 3.33. The number of alkyl halides is 1. The van der Waals surface area contributed by atoms with Crippen molar-refractivity contribution < 1.29 is 14.3 Å². The van der Waals surface area contributed by atoms with Crippen molar-refractivity contribution in [2.24, 2.45) is 0 Å². The van der Waals surface area contributed by atoms with Gasteiger partial charge in [0.1, 0.15) is 5.00 Å². The van der Waals surface area contributed by atoms with E-state index in [0.717, 1.165) is 10.4 Å². The highest BCUT2D eigenvalue weighted by molar-refractivity contribution is 9.10. The van der Waals surface area contributed by atoms with E-state index in [0.29, 0.717) is 17.2 Å². The van der Waals surface area contributed by atoms with Crippen molar-refractivity contribution in [2.75, 3.05) is 11.9 Å². The number of rotatable bonds is 4. The molecule has 19 heavy (non-hydrogen) atoms. The molecule has 6 heteroatoms. The van der Waals surface area contributed by atoms with E-state index in [4.69, 9.17) is 4.74 Å². The average Bonchev–Trinajstić information content (AvgIpc) is 2.53. The van der Waals surface area contributed by atoms with Crippen molar-refractivity contribution in [3.8, 4) is 0 Å². The monoisotopic (exact) mass is 347 g/mol. The summed E-state index contributed by atoms with van der Waals surface area (Å²) >= 11 is 4.68. The van der Waals surface area contributed by atoms with Crippen LogP contribution in [0.15, 0.2) is 0 Å². The molecule has 0 unspecified atom stereocenters. The number of carbonyl (C=O) groups is 2. The van der Waals surface area contributed by atoms with Gasteiger partial charge in [-0.1, -0.05) is 15.9 Å². The van der Waals surface area contributed by atoms with Crippen molar-refractivity contribution in [3.63, 3.8) is 0 Å². The highest BCUT2D eigenvalue weighted by Gasteiger charge is 2.27. The van der Waals surface area contributed by atoms with Gasteiger partial charge < -0.3 is 10.1 Å². The second-order valence-electron chi connectivity index (χ2n) is 4.63. The Balaban J connectivity index is 3.11. The van der Waals surface area contributed by atoms with Crippen LogP contribution in [0.1, 0.15) is 41.6 Å². The van der Waals surface area contributed by atoms with Crippen LogP contribution < -0.4 is 5.32 Å². The van der Waals surface area contributed by atoms with Crippen LogP contribution in [0, 0.1) is 13.8 Å². The lowest BCUT2D eigenvalue weighted by atomic mass is 10.1. The number of hydrogen-bond acceptors (Lipinski definition) is 4. The standard InChI is InChI=1S/C13H18BrNO3S/c1-6-18-11(16)9-7(2)8(3)19-10(9)15-12(17)13(4,5)14/h6H2,1-5H3,(H,15,17). The number of hydrogen-bond donors (Lipinski definition) is 1. The van der Waals surface area contributed by atoms with Crippen molar-refractivity contribution in [1.82, 2.24) is 0 Å². The zero-order valence-corrected chi connectivity index (χ0v) is 14.1. The normalized spacial score (nSPS) is 11.3. The number of aryl methyl sites for hydroxylation is 1. The highest BCUT2D eigenvalue weighted by atomic mass is 79.9. The number of ether oxygens (including phenoxy) is 1. The molecule has 0 radical (unpaired) electrons. The lowest BCUT2D eigenvalue weighted by Gasteiger charge is -2.15. The van der Waals surface area contributed by atoms with Crippen LogP contribution in [0.2, 0.25) is 0 Å². The predicted octanol–water partition coefficient (Wildman–Crippen LogP) is 3.65. The first kappa shape index (κ1) is 16.2. The van der Waals surface area contributed by atoms with Crippen LogP contribution >= 0.6 is 27.3 Å². The van der Waals surface area contributed by atoms with E-state index in [9.17, 15) is 9.59 Å².